The number of rotatable bonds is 4. The number of aromatic nitrogens is 4. The lowest BCUT2D eigenvalue weighted by Gasteiger charge is -2.24. The van der Waals surface area contributed by atoms with Gasteiger partial charge in [-0.25, -0.2) is 14.6 Å². The van der Waals surface area contributed by atoms with Crippen LogP contribution in [-0.4, -0.2) is 25.5 Å². The minimum absolute atomic E-state index is 0.0266. The first-order chi connectivity index (χ1) is 13.7. The molecule has 1 aliphatic rings. The molecule has 2 aromatic heterocycles. The summed E-state index contributed by atoms with van der Waals surface area (Å²) >= 11 is 0. The molecule has 7 heteroatoms. The number of benzene rings is 2. The van der Waals surface area contributed by atoms with Crippen LogP contribution in [0.2, 0.25) is 0 Å². The van der Waals surface area contributed by atoms with E-state index in [-0.39, 0.29) is 11.8 Å². The van der Waals surface area contributed by atoms with E-state index in [0.717, 1.165) is 17.1 Å². The fraction of sp³-hybridized carbons (Fsp3) is 0.143. The van der Waals surface area contributed by atoms with Crippen molar-refractivity contribution in [2.75, 3.05) is 5.73 Å². The lowest BCUT2D eigenvalue weighted by Crippen LogP contribution is -2.27. The van der Waals surface area contributed by atoms with Gasteiger partial charge >= 0.3 is 0 Å². The molecular weight excluding hydrogens is 354 g/mol. The van der Waals surface area contributed by atoms with E-state index in [0.29, 0.717) is 35.4 Å². The van der Waals surface area contributed by atoms with Gasteiger partial charge in [-0.1, -0.05) is 18.2 Å². The number of carbonyl (C=O) groups is 1. The number of carbonyl (C=O) groups excluding carboxylic acids is 1. The van der Waals surface area contributed by atoms with E-state index >= 15 is 0 Å². The summed E-state index contributed by atoms with van der Waals surface area (Å²) < 4.78 is 7.65. The number of hydrogen-bond acceptors (Lipinski definition) is 6. The largest absolute Gasteiger partial charge is 0.457 e. The molecule has 0 saturated heterocycles. The Labute approximate surface area is 160 Å². The molecule has 0 radical (unpaired) electrons. The standard InChI is InChI=1S/C21H17N5O2/c22-20-18-19(25-26(14-10-15(27)11-14)21(18)24-12-23-20)13-6-8-17(9-7-13)28-16-4-2-1-3-5-16/h1-9,12,14H,10-11H2,(H2,22,23,24). The Balaban J connectivity index is 1.53. The van der Waals surface area contributed by atoms with Gasteiger partial charge in [-0.05, 0) is 36.4 Å². The van der Waals surface area contributed by atoms with Gasteiger partial charge in [0.1, 0.15) is 35.1 Å². The average molecular weight is 371 g/mol. The topological polar surface area (TPSA) is 95.9 Å². The maximum atomic E-state index is 11.4. The third kappa shape index (κ3) is 2.77. The molecule has 7 nitrogen and oxygen atoms in total. The highest BCUT2D eigenvalue weighted by molar-refractivity contribution is 5.98. The predicted molar refractivity (Wildman–Crippen MR) is 105 cm³/mol. The number of Topliss-reactive ketones (excluding diaryl/α,β-unsaturated/α-hetero) is 1. The Bertz CT molecular complexity index is 1160. The molecule has 0 spiro atoms. The zero-order valence-corrected chi connectivity index (χ0v) is 14.9. The maximum absolute atomic E-state index is 11.4. The maximum Gasteiger partial charge on any atom is 0.164 e. The van der Waals surface area contributed by atoms with Crippen molar-refractivity contribution in [1.82, 2.24) is 19.7 Å². The van der Waals surface area contributed by atoms with Crippen LogP contribution in [-0.2, 0) is 4.79 Å². The second kappa shape index (κ2) is 6.45. The van der Waals surface area contributed by atoms with Crippen LogP contribution < -0.4 is 10.5 Å². The summed E-state index contributed by atoms with van der Waals surface area (Å²) in [5.74, 6) is 2.12. The molecule has 1 saturated carbocycles. The second-order valence-corrected chi connectivity index (χ2v) is 6.79. The molecule has 4 aromatic rings. The van der Waals surface area contributed by atoms with Crippen molar-refractivity contribution in [3.8, 4) is 22.8 Å². The molecule has 0 atom stereocenters. The Morgan fingerprint density at radius 3 is 2.39 bits per heavy atom. The van der Waals surface area contributed by atoms with Crippen LogP contribution in [0.3, 0.4) is 0 Å². The molecule has 1 aliphatic carbocycles. The van der Waals surface area contributed by atoms with Crippen molar-refractivity contribution >= 4 is 22.6 Å². The highest BCUT2D eigenvalue weighted by Gasteiger charge is 2.32. The molecule has 0 amide bonds. The van der Waals surface area contributed by atoms with Gasteiger partial charge in [-0.15, -0.1) is 0 Å². The molecule has 0 bridgehead atoms. The molecule has 0 unspecified atom stereocenters. The Morgan fingerprint density at radius 2 is 1.68 bits per heavy atom. The first-order valence-electron chi connectivity index (χ1n) is 9.03. The highest BCUT2D eigenvalue weighted by Crippen LogP contribution is 2.36. The number of para-hydroxylation sites is 1. The summed E-state index contributed by atoms with van der Waals surface area (Å²) in [6, 6.07) is 17.3. The zero-order chi connectivity index (χ0) is 19.1. The van der Waals surface area contributed by atoms with Gasteiger partial charge in [0, 0.05) is 18.4 Å². The van der Waals surface area contributed by atoms with Crippen LogP contribution >= 0.6 is 0 Å². The SMILES string of the molecule is Nc1ncnc2c1c(-c1ccc(Oc3ccccc3)cc1)nn2C1CC(=O)C1. The van der Waals surface area contributed by atoms with Crippen LogP contribution in [0, 0.1) is 0 Å². The van der Waals surface area contributed by atoms with Gasteiger partial charge in [0.05, 0.1) is 11.4 Å². The van der Waals surface area contributed by atoms with Crippen molar-refractivity contribution in [3.05, 3.63) is 60.9 Å². The molecule has 0 aliphatic heterocycles. The molecule has 28 heavy (non-hydrogen) atoms. The van der Waals surface area contributed by atoms with Crippen LogP contribution in [0.1, 0.15) is 18.9 Å². The zero-order valence-electron chi connectivity index (χ0n) is 14.9. The van der Waals surface area contributed by atoms with Gasteiger partial charge in [-0.3, -0.25) is 4.79 Å². The number of ketones is 1. The van der Waals surface area contributed by atoms with E-state index < -0.39 is 0 Å². The van der Waals surface area contributed by atoms with Crippen molar-refractivity contribution in [1.29, 1.82) is 0 Å². The summed E-state index contributed by atoms with van der Waals surface area (Å²) in [7, 11) is 0. The summed E-state index contributed by atoms with van der Waals surface area (Å²) in [5.41, 5.74) is 8.38. The van der Waals surface area contributed by atoms with E-state index in [2.05, 4.69) is 9.97 Å². The van der Waals surface area contributed by atoms with E-state index in [4.69, 9.17) is 15.6 Å². The fourth-order valence-corrected chi connectivity index (χ4v) is 3.40. The molecule has 2 aromatic carbocycles. The molecule has 1 fully saturated rings. The minimum Gasteiger partial charge on any atom is -0.457 e. The fourth-order valence-electron chi connectivity index (χ4n) is 3.40. The summed E-state index contributed by atoms with van der Waals surface area (Å²) in [6.07, 6.45) is 2.38. The van der Waals surface area contributed by atoms with Gasteiger partial charge in [-0.2, -0.15) is 5.10 Å². The van der Waals surface area contributed by atoms with E-state index in [1.807, 2.05) is 54.6 Å². The number of nitrogen functional groups attached to an aromatic ring is 1. The number of hydrogen-bond donors (Lipinski definition) is 1. The predicted octanol–water partition coefficient (Wildman–Crippen LogP) is 3.77. The van der Waals surface area contributed by atoms with Gasteiger partial charge in [0.2, 0.25) is 0 Å². The number of nitrogens with two attached hydrogens (primary N) is 1. The lowest BCUT2D eigenvalue weighted by molar-refractivity contribution is -0.126. The monoisotopic (exact) mass is 371 g/mol. The minimum atomic E-state index is 0.0266. The van der Waals surface area contributed by atoms with Crippen molar-refractivity contribution in [3.63, 3.8) is 0 Å². The molecule has 5 rings (SSSR count). The lowest BCUT2D eigenvalue weighted by atomic mass is 9.91. The highest BCUT2D eigenvalue weighted by atomic mass is 16.5. The summed E-state index contributed by atoms with van der Waals surface area (Å²) in [4.78, 5) is 19.9. The van der Waals surface area contributed by atoms with Crippen molar-refractivity contribution < 1.29 is 9.53 Å². The third-order valence-corrected chi connectivity index (χ3v) is 4.90. The van der Waals surface area contributed by atoms with Crippen molar-refractivity contribution in [2.24, 2.45) is 0 Å². The van der Waals surface area contributed by atoms with Crippen LogP contribution in [0.25, 0.3) is 22.3 Å². The van der Waals surface area contributed by atoms with Crippen LogP contribution in [0.15, 0.2) is 60.9 Å². The Kier molecular flexibility index (Phi) is 3.79. The van der Waals surface area contributed by atoms with Gasteiger partial charge in [0.25, 0.3) is 0 Å². The molecule has 2 N–H and O–H groups in total. The average Bonchev–Trinajstić information content (AvgIpc) is 3.07. The van der Waals surface area contributed by atoms with Crippen LogP contribution in [0.4, 0.5) is 5.82 Å². The van der Waals surface area contributed by atoms with E-state index in [1.165, 1.54) is 6.33 Å². The molecule has 2 heterocycles. The van der Waals surface area contributed by atoms with Crippen molar-refractivity contribution in [2.45, 2.75) is 18.9 Å². The Hall–Kier alpha value is -3.74. The first-order valence-corrected chi connectivity index (χ1v) is 9.03. The normalized spacial score (nSPS) is 14.2. The number of anilines is 1. The quantitative estimate of drug-likeness (QED) is 0.587. The first kappa shape index (κ1) is 16.4. The molecule has 138 valence electrons. The van der Waals surface area contributed by atoms with E-state index in [1.54, 1.807) is 4.68 Å². The third-order valence-electron chi connectivity index (χ3n) is 4.90. The Morgan fingerprint density at radius 1 is 0.964 bits per heavy atom. The summed E-state index contributed by atoms with van der Waals surface area (Å²) in [5, 5.41) is 5.44. The number of ether oxygens (including phenoxy) is 1. The van der Waals surface area contributed by atoms with Gasteiger partial charge in [0.15, 0.2) is 5.65 Å². The molecular formula is C21H17N5O2. The second-order valence-electron chi connectivity index (χ2n) is 6.79. The van der Waals surface area contributed by atoms with E-state index in [9.17, 15) is 4.79 Å². The number of nitrogens with zero attached hydrogens (tertiary/aromatic N) is 4. The smallest absolute Gasteiger partial charge is 0.164 e. The van der Waals surface area contributed by atoms with Gasteiger partial charge < -0.3 is 10.5 Å². The summed E-state index contributed by atoms with van der Waals surface area (Å²) in [6.45, 7) is 0. The number of fused-ring (bicyclic) bond motifs is 1. The van der Waals surface area contributed by atoms with Crippen LogP contribution in [0.5, 0.6) is 11.5 Å².